The second kappa shape index (κ2) is 6.60. The third kappa shape index (κ3) is 3.46. The van der Waals surface area contributed by atoms with Gasteiger partial charge in [-0.25, -0.2) is 4.79 Å². The van der Waals surface area contributed by atoms with Crippen LogP contribution >= 0.6 is 15.9 Å². The molecule has 0 saturated carbocycles. The van der Waals surface area contributed by atoms with E-state index in [0.717, 1.165) is 22.0 Å². The van der Waals surface area contributed by atoms with Crippen molar-refractivity contribution in [2.75, 3.05) is 0 Å². The Hall–Kier alpha value is -1.36. The third-order valence-corrected chi connectivity index (χ3v) is 4.90. The molecule has 0 aromatic heterocycles. The van der Waals surface area contributed by atoms with Crippen molar-refractivity contribution in [2.45, 2.75) is 45.7 Å². The topological polar surface area (TPSA) is 57.6 Å². The summed E-state index contributed by atoms with van der Waals surface area (Å²) in [6.07, 6.45) is 1.68. The van der Waals surface area contributed by atoms with Crippen LogP contribution < -0.4 is 0 Å². The highest BCUT2D eigenvalue weighted by Crippen LogP contribution is 2.30. The van der Waals surface area contributed by atoms with Crippen LogP contribution in [0.4, 0.5) is 0 Å². The van der Waals surface area contributed by atoms with Gasteiger partial charge in [0.15, 0.2) is 0 Å². The van der Waals surface area contributed by atoms with Crippen molar-refractivity contribution < 1.29 is 14.7 Å². The van der Waals surface area contributed by atoms with Crippen LogP contribution in [0, 0.1) is 5.92 Å². The lowest BCUT2D eigenvalue weighted by Crippen LogP contribution is -2.49. The summed E-state index contributed by atoms with van der Waals surface area (Å²) >= 11 is 3.47. The van der Waals surface area contributed by atoms with Crippen molar-refractivity contribution in [3.05, 3.63) is 33.8 Å². The van der Waals surface area contributed by atoms with E-state index in [9.17, 15) is 14.7 Å². The van der Waals surface area contributed by atoms with Gasteiger partial charge in [0.1, 0.15) is 6.04 Å². The molecule has 21 heavy (non-hydrogen) atoms. The highest BCUT2D eigenvalue weighted by Gasteiger charge is 2.35. The Balaban J connectivity index is 2.28. The Morgan fingerprint density at radius 1 is 1.48 bits per heavy atom. The van der Waals surface area contributed by atoms with Crippen molar-refractivity contribution in [1.29, 1.82) is 0 Å². The lowest BCUT2D eigenvalue weighted by molar-refractivity contribution is -0.151. The molecular weight excluding hydrogens is 334 g/mol. The van der Waals surface area contributed by atoms with E-state index in [-0.39, 0.29) is 11.8 Å². The quantitative estimate of drug-likeness (QED) is 0.903. The van der Waals surface area contributed by atoms with Crippen LogP contribution in [0.15, 0.2) is 22.7 Å². The van der Waals surface area contributed by atoms with Gasteiger partial charge in [0, 0.05) is 23.9 Å². The van der Waals surface area contributed by atoms with Crippen molar-refractivity contribution in [1.82, 2.24) is 4.90 Å². The first-order valence-corrected chi connectivity index (χ1v) is 8.01. The second-order valence-corrected chi connectivity index (χ2v) is 6.53. The summed E-state index contributed by atoms with van der Waals surface area (Å²) in [5.74, 6) is -0.730. The molecule has 2 atom stereocenters. The van der Waals surface area contributed by atoms with E-state index in [1.54, 1.807) is 0 Å². The molecule has 0 saturated heterocycles. The van der Waals surface area contributed by atoms with Crippen molar-refractivity contribution in [3.63, 3.8) is 0 Å². The van der Waals surface area contributed by atoms with Gasteiger partial charge in [-0.05, 0) is 23.1 Å². The van der Waals surface area contributed by atoms with Gasteiger partial charge in [-0.1, -0.05) is 48.3 Å². The maximum Gasteiger partial charge on any atom is 0.326 e. The van der Waals surface area contributed by atoms with Crippen LogP contribution in [-0.2, 0) is 22.6 Å². The maximum atomic E-state index is 12.4. The molecule has 1 N–H and O–H groups in total. The number of carboxylic acid groups (broad SMARTS) is 1. The highest BCUT2D eigenvalue weighted by atomic mass is 79.9. The summed E-state index contributed by atoms with van der Waals surface area (Å²) in [5, 5.41) is 9.46. The van der Waals surface area contributed by atoms with Gasteiger partial charge in [-0.2, -0.15) is 0 Å². The largest absolute Gasteiger partial charge is 0.480 e. The Morgan fingerprint density at radius 2 is 2.19 bits per heavy atom. The Bertz CT molecular complexity index is 558. The molecule has 1 aromatic rings. The van der Waals surface area contributed by atoms with Crippen LogP contribution in [0.5, 0.6) is 0 Å². The third-order valence-electron chi connectivity index (χ3n) is 4.16. The summed E-state index contributed by atoms with van der Waals surface area (Å²) in [7, 11) is 0. The smallest absolute Gasteiger partial charge is 0.326 e. The molecule has 114 valence electrons. The zero-order valence-corrected chi connectivity index (χ0v) is 13.9. The maximum absolute atomic E-state index is 12.4. The minimum absolute atomic E-state index is 0.0672. The van der Waals surface area contributed by atoms with Gasteiger partial charge in [0.25, 0.3) is 0 Å². The molecule has 5 heteroatoms. The average Bonchev–Trinajstić information content (AvgIpc) is 2.46. The first kappa shape index (κ1) is 16.0. The summed E-state index contributed by atoms with van der Waals surface area (Å²) in [4.78, 5) is 25.5. The molecule has 1 aliphatic heterocycles. The van der Waals surface area contributed by atoms with Crippen LogP contribution in [0.3, 0.4) is 0 Å². The van der Waals surface area contributed by atoms with E-state index in [4.69, 9.17) is 0 Å². The number of hydrogen-bond donors (Lipinski definition) is 1. The Labute approximate surface area is 133 Å². The van der Waals surface area contributed by atoms with Crippen molar-refractivity contribution in [2.24, 2.45) is 5.92 Å². The number of hydrogen-bond acceptors (Lipinski definition) is 2. The van der Waals surface area contributed by atoms with E-state index >= 15 is 0 Å². The molecular formula is C16H20BrNO3. The molecule has 2 rings (SSSR count). The summed E-state index contributed by atoms with van der Waals surface area (Å²) in [6, 6.07) is 5.02. The molecule has 2 unspecified atom stereocenters. The molecule has 1 aliphatic rings. The minimum Gasteiger partial charge on any atom is -0.480 e. The lowest BCUT2D eigenvalue weighted by Gasteiger charge is -2.35. The first-order valence-electron chi connectivity index (χ1n) is 7.22. The molecule has 1 amide bonds. The molecule has 0 bridgehead atoms. The van der Waals surface area contributed by atoms with Gasteiger partial charge in [-0.3, -0.25) is 4.79 Å². The standard InChI is InChI=1S/C16H20BrNO3/c1-3-10(2)7-15(19)18-9-11-5-4-6-13(17)12(11)8-14(18)16(20)21/h4-6,10,14H,3,7-9H2,1-2H3,(H,20,21). The van der Waals surface area contributed by atoms with E-state index in [2.05, 4.69) is 15.9 Å². The summed E-state index contributed by atoms with van der Waals surface area (Å²) in [5.41, 5.74) is 2.02. The molecule has 4 nitrogen and oxygen atoms in total. The predicted octanol–water partition coefficient (Wildman–Crippen LogP) is 3.22. The number of carboxylic acids is 1. The van der Waals surface area contributed by atoms with E-state index in [0.29, 0.717) is 19.4 Å². The lowest BCUT2D eigenvalue weighted by atomic mass is 9.93. The fraction of sp³-hybridized carbons (Fsp3) is 0.500. The van der Waals surface area contributed by atoms with Gasteiger partial charge >= 0.3 is 5.97 Å². The fourth-order valence-electron chi connectivity index (χ4n) is 2.62. The predicted molar refractivity (Wildman–Crippen MR) is 83.9 cm³/mol. The van der Waals surface area contributed by atoms with E-state index in [1.807, 2.05) is 32.0 Å². The molecule has 0 spiro atoms. The highest BCUT2D eigenvalue weighted by molar-refractivity contribution is 9.10. The SMILES string of the molecule is CCC(C)CC(=O)N1Cc2cccc(Br)c2CC1C(=O)O. The number of amides is 1. The monoisotopic (exact) mass is 353 g/mol. The van der Waals surface area contributed by atoms with Crippen LogP contribution in [-0.4, -0.2) is 27.9 Å². The zero-order chi connectivity index (χ0) is 15.6. The number of rotatable bonds is 4. The Morgan fingerprint density at radius 3 is 2.81 bits per heavy atom. The molecule has 1 heterocycles. The number of nitrogens with zero attached hydrogens (tertiary/aromatic N) is 1. The zero-order valence-electron chi connectivity index (χ0n) is 12.3. The minimum atomic E-state index is -0.936. The fourth-order valence-corrected chi connectivity index (χ4v) is 3.19. The van der Waals surface area contributed by atoms with Gasteiger partial charge < -0.3 is 10.0 Å². The second-order valence-electron chi connectivity index (χ2n) is 5.67. The summed E-state index contributed by atoms with van der Waals surface area (Å²) < 4.78 is 0.917. The van der Waals surface area contributed by atoms with Crippen LogP contribution in [0.1, 0.15) is 37.8 Å². The van der Waals surface area contributed by atoms with Crippen LogP contribution in [0.25, 0.3) is 0 Å². The summed E-state index contributed by atoms with van der Waals surface area (Å²) in [6.45, 7) is 4.43. The number of carbonyl (C=O) groups excluding carboxylic acids is 1. The van der Waals surface area contributed by atoms with Gasteiger partial charge in [-0.15, -0.1) is 0 Å². The number of fused-ring (bicyclic) bond motifs is 1. The first-order chi connectivity index (χ1) is 9.93. The van der Waals surface area contributed by atoms with Gasteiger partial charge in [0.05, 0.1) is 0 Å². The molecule has 1 aromatic carbocycles. The van der Waals surface area contributed by atoms with E-state index < -0.39 is 12.0 Å². The molecule has 0 fully saturated rings. The number of halogens is 1. The normalized spacial score (nSPS) is 19.0. The average molecular weight is 354 g/mol. The van der Waals surface area contributed by atoms with Crippen molar-refractivity contribution >= 4 is 27.8 Å². The Kier molecular flexibility index (Phi) is 5.04. The van der Waals surface area contributed by atoms with Crippen LogP contribution in [0.2, 0.25) is 0 Å². The number of benzene rings is 1. The van der Waals surface area contributed by atoms with Crippen molar-refractivity contribution in [3.8, 4) is 0 Å². The number of carbonyl (C=O) groups is 2. The van der Waals surface area contributed by atoms with E-state index in [1.165, 1.54) is 4.90 Å². The van der Waals surface area contributed by atoms with Gasteiger partial charge in [0.2, 0.25) is 5.91 Å². The molecule has 0 aliphatic carbocycles. The number of aliphatic carboxylic acids is 1. The molecule has 0 radical (unpaired) electrons.